The maximum atomic E-state index is 15.4. The van der Waals surface area contributed by atoms with Crippen molar-refractivity contribution in [2.75, 3.05) is 36.5 Å². The van der Waals surface area contributed by atoms with Crippen LogP contribution in [-0.2, 0) is 20.3 Å². The molecule has 2 aromatic heterocycles. The third kappa shape index (κ3) is 8.29. The summed E-state index contributed by atoms with van der Waals surface area (Å²) >= 11 is 0. The van der Waals surface area contributed by atoms with Crippen LogP contribution < -0.4 is 19.7 Å². The fraction of sp³-hybridized carbons (Fsp3) is 0.304. The number of alkyl halides is 3. The van der Waals surface area contributed by atoms with Gasteiger partial charge in [-0.3, -0.25) is 14.9 Å². The van der Waals surface area contributed by atoms with E-state index >= 15 is 13.2 Å². The summed E-state index contributed by atoms with van der Waals surface area (Å²) in [6.45, 7) is 1.84. The molecule has 4 heterocycles. The maximum absolute atomic E-state index is 15.4. The second kappa shape index (κ2) is 16.7. The molecule has 1 atom stereocenters. The average molecular weight is 881 g/mol. The summed E-state index contributed by atoms with van der Waals surface area (Å²) in [6, 6.07) is 25.0. The van der Waals surface area contributed by atoms with Crippen LogP contribution in [0.2, 0.25) is 0 Å². The molecule has 2 saturated heterocycles. The lowest BCUT2D eigenvalue weighted by Gasteiger charge is -2.43. The molecule has 13 nitrogen and oxygen atoms in total. The normalized spacial score (nSPS) is 18.4. The first-order valence-corrected chi connectivity index (χ1v) is 22.3. The number of H-pyrrole nitrogens is 1. The van der Waals surface area contributed by atoms with Crippen LogP contribution in [-0.4, -0.2) is 61.7 Å². The number of halogens is 3. The molecule has 326 valence electrons. The van der Waals surface area contributed by atoms with Crippen LogP contribution in [0.5, 0.6) is 11.5 Å². The lowest BCUT2D eigenvalue weighted by Crippen LogP contribution is -2.53. The van der Waals surface area contributed by atoms with Crippen molar-refractivity contribution in [3.05, 3.63) is 136 Å². The summed E-state index contributed by atoms with van der Waals surface area (Å²) in [7, 11) is -4.65. The summed E-state index contributed by atoms with van der Waals surface area (Å²) in [4.78, 5) is 33.6. The third-order valence-electron chi connectivity index (χ3n) is 12.2. The Labute approximate surface area is 360 Å². The number of amides is 1. The van der Waals surface area contributed by atoms with Crippen LogP contribution in [0.4, 0.5) is 30.2 Å². The summed E-state index contributed by atoms with van der Waals surface area (Å²) < 4.78 is 87.2. The number of carbonyl (C=O) groups is 1. The molecule has 3 fully saturated rings. The molecule has 6 aromatic rings. The van der Waals surface area contributed by atoms with Crippen LogP contribution in [0.15, 0.2) is 114 Å². The summed E-state index contributed by atoms with van der Waals surface area (Å²) in [5.74, 6) is -0.536. The fourth-order valence-electron chi connectivity index (χ4n) is 8.85. The third-order valence-corrected chi connectivity index (χ3v) is 13.6. The van der Waals surface area contributed by atoms with E-state index in [1.54, 1.807) is 66.9 Å². The number of ether oxygens (including phenoxy) is 2. The van der Waals surface area contributed by atoms with Crippen LogP contribution in [0, 0.1) is 16.0 Å². The number of benzene rings is 4. The Morgan fingerprint density at radius 2 is 1.73 bits per heavy atom. The molecule has 3 N–H and O–H groups in total. The number of carbonyl (C=O) groups excluding carboxylic acids is 1. The average Bonchev–Trinajstić information content (AvgIpc) is 3.84. The number of aromatic nitrogens is 2. The van der Waals surface area contributed by atoms with E-state index in [4.69, 9.17) is 9.47 Å². The summed E-state index contributed by atoms with van der Waals surface area (Å²) in [6.07, 6.45) is 2.18. The topological polar surface area (TPSA) is 169 Å². The van der Waals surface area contributed by atoms with E-state index in [-0.39, 0.29) is 47.6 Å². The zero-order valence-electron chi connectivity index (χ0n) is 33.9. The first-order chi connectivity index (χ1) is 30.3. The quantitative estimate of drug-likeness (QED) is 0.0750. The van der Waals surface area contributed by atoms with Gasteiger partial charge in [0.15, 0.2) is 5.54 Å². The van der Waals surface area contributed by atoms with Gasteiger partial charge in [-0.25, -0.2) is 18.1 Å². The largest absolute Gasteiger partial charge is 0.455 e. The highest BCUT2D eigenvalue weighted by Gasteiger charge is 2.62. The van der Waals surface area contributed by atoms with E-state index in [2.05, 4.69) is 15.3 Å². The molecule has 1 aliphatic carbocycles. The predicted octanol–water partition coefficient (Wildman–Crippen LogP) is 9.82. The smallest absolute Gasteiger partial charge is 0.415 e. The van der Waals surface area contributed by atoms with Crippen molar-refractivity contribution in [2.24, 2.45) is 5.92 Å². The van der Waals surface area contributed by atoms with Crippen molar-refractivity contribution in [1.29, 1.82) is 0 Å². The molecule has 0 spiro atoms. The SMILES string of the molecule is O=C(NS(=O)(=O)c1ccc(NCC2CCOCC2)c([N+](=O)[O-])c1)c1ccc(-c2ccc(N3CCCC3(c3ccccc3C3CC3)C(F)(F)F)cc2)cc1Oc1cnc2[nH]ccc2c1. The van der Waals surface area contributed by atoms with Crippen molar-refractivity contribution in [3.8, 4) is 22.6 Å². The number of hydrogen-bond acceptors (Lipinski definition) is 10. The standard InChI is InChI=1S/C46H43F3N6O7S/c47-46(48,49)45(39-5-2-1-4-37(39)31-6-7-31)19-3-21-54(45)34-11-8-30(9-12-34)32-10-14-38(42(25-32)62-35-24-33-16-20-50-43(33)52-28-35)44(56)53-63(59,60)36-13-15-40(41(26-36)55(57)58)51-27-29-17-22-61-23-18-29/h1-2,4-5,8-16,20,24-26,28-29,31,51H,3,6-7,17-19,21-23,27H2,(H,50,52)(H,53,56). The Kier molecular flexibility index (Phi) is 11.1. The molecule has 9 rings (SSSR count). The minimum Gasteiger partial charge on any atom is -0.455 e. The highest BCUT2D eigenvalue weighted by Crippen LogP contribution is 2.56. The van der Waals surface area contributed by atoms with Gasteiger partial charge in [0.25, 0.3) is 21.6 Å². The molecular formula is C46H43F3N6O7S. The van der Waals surface area contributed by atoms with E-state index < -0.39 is 43.2 Å². The van der Waals surface area contributed by atoms with Gasteiger partial charge in [-0.1, -0.05) is 42.5 Å². The number of nitrogens with one attached hydrogen (secondary N) is 3. The van der Waals surface area contributed by atoms with E-state index in [1.165, 1.54) is 35.4 Å². The predicted molar refractivity (Wildman–Crippen MR) is 231 cm³/mol. The number of fused-ring (bicyclic) bond motifs is 1. The number of aromatic amines is 1. The number of nitrogens with zero attached hydrogens (tertiary/aromatic N) is 3. The number of pyridine rings is 1. The second-order valence-corrected chi connectivity index (χ2v) is 17.9. The Morgan fingerprint density at radius 3 is 2.48 bits per heavy atom. The van der Waals surface area contributed by atoms with E-state index in [0.29, 0.717) is 59.6 Å². The van der Waals surface area contributed by atoms with Crippen LogP contribution >= 0.6 is 0 Å². The van der Waals surface area contributed by atoms with Gasteiger partial charge >= 0.3 is 6.18 Å². The van der Waals surface area contributed by atoms with Gasteiger partial charge in [-0.2, -0.15) is 13.2 Å². The summed E-state index contributed by atoms with van der Waals surface area (Å²) in [5, 5.41) is 15.8. The molecule has 1 unspecified atom stereocenters. The van der Waals surface area contributed by atoms with Gasteiger partial charge in [-0.15, -0.1) is 0 Å². The number of anilines is 2. The summed E-state index contributed by atoms with van der Waals surface area (Å²) in [5.41, 5.74) is 0.468. The van der Waals surface area contributed by atoms with Crippen LogP contribution in [0.3, 0.4) is 0 Å². The Morgan fingerprint density at radius 1 is 0.968 bits per heavy atom. The number of rotatable bonds is 13. The lowest BCUT2D eigenvalue weighted by atomic mass is 9.81. The van der Waals surface area contributed by atoms with Gasteiger partial charge in [0, 0.05) is 49.6 Å². The monoisotopic (exact) mass is 880 g/mol. The van der Waals surface area contributed by atoms with E-state index in [9.17, 15) is 23.3 Å². The molecule has 0 radical (unpaired) electrons. The highest BCUT2D eigenvalue weighted by molar-refractivity contribution is 7.90. The van der Waals surface area contributed by atoms with Crippen LogP contribution in [0.1, 0.15) is 65.9 Å². The van der Waals surface area contributed by atoms with Crippen LogP contribution in [0.25, 0.3) is 22.2 Å². The number of sulfonamides is 1. The molecule has 0 bridgehead atoms. The second-order valence-electron chi connectivity index (χ2n) is 16.2. The molecule has 1 saturated carbocycles. The molecule has 2 aliphatic heterocycles. The minimum atomic E-state index is -4.65. The molecule has 3 aliphatic rings. The molecule has 4 aromatic carbocycles. The first kappa shape index (κ1) is 41.9. The Balaban J connectivity index is 1.01. The van der Waals surface area contributed by atoms with Crippen molar-refractivity contribution in [2.45, 2.75) is 61.1 Å². The number of nitro benzene ring substituents is 1. The molecule has 63 heavy (non-hydrogen) atoms. The Hall–Kier alpha value is -6.46. The highest BCUT2D eigenvalue weighted by atomic mass is 32.2. The zero-order chi connectivity index (χ0) is 43.9. The Bertz CT molecular complexity index is 2810. The van der Waals surface area contributed by atoms with Crippen molar-refractivity contribution in [3.63, 3.8) is 0 Å². The van der Waals surface area contributed by atoms with Gasteiger partial charge in [0.1, 0.15) is 22.8 Å². The van der Waals surface area contributed by atoms with Gasteiger partial charge in [0.2, 0.25) is 0 Å². The molecular weight excluding hydrogens is 838 g/mol. The first-order valence-electron chi connectivity index (χ1n) is 20.8. The van der Waals surface area contributed by atoms with Gasteiger partial charge in [0.05, 0.1) is 21.6 Å². The van der Waals surface area contributed by atoms with E-state index in [1.807, 2.05) is 10.8 Å². The van der Waals surface area contributed by atoms with Crippen molar-refractivity contribution in [1.82, 2.24) is 14.7 Å². The number of hydrogen-bond donors (Lipinski definition) is 3. The molecule has 1 amide bonds. The maximum Gasteiger partial charge on any atom is 0.415 e. The van der Waals surface area contributed by atoms with Gasteiger partial charge in [-0.05, 0) is 121 Å². The fourth-order valence-corrected chi connectivity index (χ4v) is 9.84. The minimum absolute atomic E-state index is 0.0492. The molecule has 17 heteroatoms. The zero-order valence-corrected chi connectivity index (χ0v) is 34.7. The number of nitro groups is 1. The van der Waals surface area contributed by atoms with Crippen molar-refractivity contribution < 1.29 is 40.8 Å². The van der Waals surface area contributed by atoms with E-state index in [0.717, 1.165) is 37.3 Å². The lowest BCUT2D eigenvalue weighted by molar-refractivity contribution is -0.384. The van der Waals surface area contributed by atoms with Crippen molar-refractivity contribution >= 4 is 44.0 Å². The van der Waals surface area contributed by atoms with Gasteiger partial charge < -0.3 is 24.7 Å².